The number of β-lactam (4-membered cyclic amide) rings is 1. The molecule has 2 aromatic rings. The topological polar surface area (TPSA) is 206 Å². The molecule has 3 N–H and O–H groups in total. The van der Waals surface area contributed by atoms with Gasteiger partial charge in [0.05, 0.1) is 0 Å². The van der Waals surface area contributed by atoms with Gasteiger partial charge in [-0.1, -0.05) is 42.1 Å². The zero-order valence-electron chi connectivity index (χ0n) is 18.5. The summed E-state index contributed by atoms with van der Waals surface area (Å²) >= 11 is 2.17. The number of nitrogens with zero attached hydrogens (tertiary/aromatic N) is 3. The van der Waals surface area contributed by atoms with Crippen molar-refractivity contribution in [2.45, 2.75) is 28.5 Å². The highest BCUT2D eigenvalue weighted by Gasteiger charge is 2.54. The molecule has 0 aliphatic carbocycles. The smallest absolute Gasteiger partial charge is 0.352 e. The highest BCUT2D eigenvalue weighted by Crippen LogP contribution is 2.41. The van der Waals surface area contributed by atoms with Crippen molar-refractivity contribution in [1.82, 2.24) is 20.4 Å². The van der Waals surface area contributed by atoms with Crippen LogP contribution < -0.4 is 5.32 Å². The molecular weight excluding hydrogens is 552 g/mol. The van der Waals surface area contributed by atoms with E-state index in [1.165, 1.54) is 11.8 Å². The second-order valence-electron chi connectivity index (χ2n) is 7.65. The van der Waals surface area contributed by atoms with Gasteiger partial charge in [-0.15, -0.1) is 22.0 Å². The average Bonchev–Trinajstić information content (AvgIpc) is 3.29. The van der Waals surface area contributed by atoms with Crippen molar-refractivity contribution in [2.24, 2.45) is 0 Å². The number of rotatable bonds is 11. The summed E-state index contributed by atoms with van der Waals surface area (Å²) < 4.78 is 40.8. The number of nitrogens with one attached hydrogen (secondary N) is 1. The van der Waals surface area contributed by atoms with E-state index >= 15 is 0 Å². The number of carboxylic acid groups (broad SMARTS) is 1. The molecule has 3 heterocycles. The van der Waals surface area contributed by atoms with Crippen LogP contribution in [0.3, 0.4) is 0 Å². The standard InChI is InChI=1S/C20H18N4O10S3/c25-9-33-15(10-4-2-1-3-5-10)16(26)21-13-17(27)24-14(19(28)29)11(6-35-18(13)24)7-36-20-23-22-12(34-20)8-37(30,31)32/h1-5,9,13,15,18H,6-8H2,(H,21,26)(H,28,29)(H,30,31,32)/t13?,15?,18-/m0/s1. The van der Waals surface area contributed by atoms with E-state index in [4.69, 9.17) is 13.7 Å². The van der Waals surface area contributed by atoms with Gasteiger partial charge in [0.25, 0.3) is 33.6 Å². The first-order valence-electron chi connectivity index (χ1n) is 10.3. The van der Waals surface area contributed by atoms with E-state index < -0.39 is 51.2 Å². The summed E-state index contributed by atoms with van der Waals surface area (Å²) in [5.74, 6) is -3.66. The number of carbonyl (C=O) groups is 4. The zero-order valence-corrected chi connectivity index (χ0v) is 21.0. The molecule has 1 saturated heterocycles. The van der Waals surface area contributed by atoms with Crippen LogP contribution in [0.4, 0.5) is 0 Å². The van der Waals surface area contributed by atoms with E-state index in [-0.39, 0.29) is 34.8 Å². The molecule has 0 spiro atoms. The Morgan fingerprint density at radius 2 is 2.05 bits per heavy atom. The lowest BCUT2D eigenvalue weighted by Gasteiger charge is -2.49. The van der Waals surface area contributed by atoms with Gasteiger partial charge in [-0.25, -0.2) is 4.79 Å². The fourth-order valence-electron chi connectivity index (χ4n) is 3.66. The first-order chi connectivity index (χ1) is 17.6. The van der Waals surface area contributed by atoms with Crippen molar-refractivity contribution in [3.05, 3.63) is 53.1 Å². The molecule has 2 aliphatic heterocycles. The number of fused-ring (bicyclic) bond motifs is 1. The Morgan fingerprint density at radius 1 is 1.32 bits per heavy atom. The minimum Gasteiger partial charge on any atom is -0.477 e. The maximum Gasteiger partial charge on any atom is 0.352 e. The molecule has 3 atom stereocenters. The van der Waals surface area contributed by atoms with E-state index in [9.17, 15) is 32.7 Å². The van der Waals surface area contributed by atoms with Gasteiger partial charge in [0.2, 0.25) is 12.0 Å². The molecule has 0 bridgehead atoms. The molecule has 1 aromatic carbocycles. The number of aromatic nitrogens is 2. The molecule has 2 aliphatic rings. The van der Waals surface area contributed by atoms with E-state index in [1.807, 2.05) is 0 Å². The van der Waals surface area contributed by atoms with Gasteiger partial charge in [-0.05, 0) is 5.57 Å². The monoisotopic (exact) mass is 570 g/mol. The summed E-state index contributed by atoms with van der Waals surface area (Å²) in [6.07, 6.45) is -1.28. The largest absolute Gasteiger partial charge is 0.477 e. The van der Waals surface area contributed by atoms with Gasteiger partial charge in [-0.3, -0.25) is 23.8 Å². The molecule has 4 rings (SSSR count). The van der Waals surface area contributed by atoms with Crippen molar-refractivity contribution in [3.63, 3.8) is 0 Å². The predicted octanol–water partition coefficient (Wildman–Crippen LogP) is 0.202. The molecule has 37 heavy (non-hydrogen) atoms. The Morgan fingerprint density at radius 3 is 2.70 bits per heavy atom. The lowest BCUT2D eigenvalue weighted by molar-refractivity contribution is -0.154. The molecule has 196 valence electrons. The Balaban J connectivity index is 1.45. The number of carbonyl (C=O) groups excluding carboxylic acids is 3. The second-order valence-corrected chi connectivity index (χ2v) is 11.1. The highest BCUT2D eigenvalue weighted by molar-refractivity contribution is 8.01. The Labute approximate surface area is 217 Å². The van der Waals surface area contributed by atoms with Gasteiger partial charge < -0.3 is 19.6 Å². The maximum absolute atomic E-state index is 12.9. The van der Waals surface area contributed by atoms with Gasteiger partial charge in [0.1, 0.15) is 17.1 Å². The van der Waals surface area contributed by atoms with Crippen LogP contribution in [0.15, 0.2) is 51.2 Å². The first-order valence-corrected chi connectivity index (χ1v) is 14.0. The van der Waals surface area contributed by atoms with Gasteiger partial charge in [0, 0.05) is 17.1 Å². The molecule has 2 amide bonds. The number of carboxylic acids is 1. The average molecular weight is 571 g/mol. The number of thioether (sulfide) groups is 2. The molecule has 14 nitrogen and oxygen atoms in total. The number of hydrogen-bond donors (Lipinski definition) is 3. The van der Waals surface area contributed by atoms with Crippen molar-refractivity contribution in [3.8, 4) is 0 Å². The van der Waals surface area contributed by atoms with E-state index in [1.54, 1.807) is 30.3 Å². The number of ether oxygens (including phenoxy) is 1. The fourth-order valence-corrected chi connectivity index (χ4v) is 6.35. The quantitative estimate of drug-likeness (QED) is 0.143. The third-order valence-corrected chi connectivity index (χ3v) is 8.06. The van der Waals surface area contributed by atoms with Crippen LogP contribution in [-0.2, 0) is 39.8 Å². The molecule has 17 heteroatoms. The number of amides is 2. The lowest BCUT2D eigenvalue weighted by Crippen LogP contribution is -2.71. The molecular formula is C20H18N4O10S3. The third kappa shape index (κ3) is 5.95. The van der Waals surface area contributed by atoms with Gasteiger partial charge in [-0.2, -0.15) is 8.42 Å². The lowest BCUT2D eigenvalue weighted by atomic mass is 10.0. The normalized spacial score (nSPS) is 20.0. The third-order valence-electron chi connectivity index (χ3n) is 5.20. The van der Waals surface area contributed by atoms with Crippen LogP contribution in [0.25, 0.3) is 0 Å². The number of hydrogen-bond acceptors (Lipinski definition) is 12. The minimum atomic E-state index is -4.36. The summed E-state index contributed by atoms with van der Waals surface area (Å²) in [5.41, 5.74) is 0.532. The summed E-state index contributed by atoms with van der Waals surface area (Å²) in [5, 5.41) is 18.8. The molecule has 0 saturated carbocycles. The summed E-state index contributed by atoms with van der Waals surface area (Å²) in [7, 11) is -4.36. The Bertz CT molecular complexity index is 1360. The van der Waals surface area contributed by atoms with Gasteiger partial charge >= 0.3 is 5.97 Å². The first kappa shape index (κ1) is 26.6. The van der Waals surface area contributed by atoms with Crippen LogP contribution in [-0.4, -0.2) is 80.4 Å². The maximum atomic E-state index is 12.9. The molecule has 0 radical (unpaired) electrons. The van der Waals surface area contributed by atoms with Crippen LogP contribution in [0, 0.1) is 0 Å². The van der Waals surface area contributed by atoms with Crippen LogP contribution in [0.5, 0.6) is 0 Å². The van der Waals surface area contributed by atoms with Crippen molar-refractivity contribution < 1.29 is 46.4 Å². The summed E-state index contributed by atoms with van der Waals surface area (Å²) in [4.78, 5) is 49.7. The molecule has 2 unspecified atom stereocenters. The Hall–Kier alpha value is -3.41. The predicted molar refractivity (Wildman–Crippen MR) is 126 cm³/mol. The van der Waals surface area contributed by atoms with Crippen LogP contribution >= 0.6 is 23.5 Å². The molecule has 1 aromatic heterocycles. The van der Waals surface area contributed by atoms with Crippen molar-refractivity contribution >= 4 is 57.9 Å². The van der Waals surface area contributed by atoms with Crippen LogP contribution in [0.1, 0.15) is 17.6 Å². The Kier molecular flexibility index (Phi) is 7.86. The summed E-state index contributed by atoms with van der Waals surface area (Å²) in [6.45, 7) is 0.131. The van der Waals surface area contributed by atoms with Crippen LogP contribution in [0.2, 0.25) is 0 Å². The summed E-state index contributed by atoms with van der Waals surface area (Å²) in [6, 6.07) is 7.18. The zero-order chi connectivity index (χ0) is 26.7. The number of benzene rings is 1. The van der Waals surface area contributed by atoms with Gasteiger partial charge in [0.15, 0.2) is 5.75 Å². The fraction of sp³-hybridized carbons (Fsp3) is 0.300. The van der Waals surface area contributed by atoms with E-state index in [2.05, 4.69) is 15.5 Å². The van der Waals surface area contributed by atoms with Crippen molar-refractivity contribution in [2.75, 3.05) is 11.5 Å². The van der Waals surface area contributed by atoms with Crippen molar-refractivity contribution in [1.29, 1.82) is 0 Å². The van der Waals surface area contributed by atoms with E-state index in [0.29, 0.717) is 11.1 Å². The molecule has 1 fully saturated rings. The van der Waals surface area contributed by atoms with E-state index in [0.717, 1.165) is 16.7 Å². The highest BCUT2D eigenvalue weighted by atomic mass is 32.2. The number of aliphatic carboxylic acids is 1. The second kappa shape index (κ2) is 10.9. The minimum absolute atomic E-state index is 0.0406. The SMILES string of the molecule is O=COC(C(=O)NC1C(=O)N2C(C(=O)O)=C(CSc3nnc(CS(=O)(=O)O)o3)CS[C@@H]12)c1ccccc1.